The minimum atomic E-state index is -1.11. The number of rotatable bonds is 4. The number of hydrogen-bond donors (Lipinski definition) is 2. The Hall–Kier alpha value is -2.57. The standard InChI is InChI=1S/C10H9N3O4/c11-10(16)7-4-6(8-2-1-3-17-8)12-13(7)5-9(14)15/h1-4H,5H2,(H2,11,16)(H,14,15). The highest BCUT2D eigenvalue weighted by atomic mass is 16.4. The summed E-state index contributed by atoms with van der Waals surface area (Å²) in [6.07, 6.45) is 1.45. The molecule has 3 N–H and O–H groups in total. The van der Waals surface area contributed by atoms with Gasteiger partial charge in [0.1, 0.15) is 17.9 Å². The highest BCUT2D eigenvalue weighted by molar-refractivity contribution is 5.92. The van der Waals surface area contributed by atoms with E-state index in [-0.39, 0.29) is 5.69 Å². The molecule has 0 bridgehead atoms. The second kappa shape index (κ2) is 4.12. The van der Waals surface area contributed by atoms with E-state index in [0.717, 1.165) is 4.68 Å². The van der Waals surface area contributed by atoms with E-state index in [1.54, 1.807) is 12.1 Å². The van der Waals surface area contributed by atoms with Crippen molar-refractivity contribution >= 4 is 11.9 Å². The van der Waals surface area contributed by atoms with Crippen molar-refractivity contribution in [1.29, 1.82) is 0 Å². The third kappa shape index (κ3) is 2.17. The van der Waals surface area contributed by atoms with Crippen molar-refractivity contribution in [3.05, 3.63) is 30.2 Å². The van der Waals surface area contributed by atoms with Crippen LogP contribution in [0.4, 0.5) is 0 Å². The lowest BCUT2D eigenvalue weighted by Gasteiger charge is -1.99. The molecule has 0 radical (unpaired) electrons. The molecule has 0 atom stereocenters. The molecular formula is C10H9N3O4. The molecule has 0 aliphatic carbocycles. The summed E-state index contributed by atoms with van der Waals surface area (Å²) in [5.41, 5.74) is 5.53. The summed E-state index contributed by atoms with van der Waals surface area (Å²) in [7, 11) is 0. The molecule has 7 heteroatoms. The zero-order valence-electron chi connectivity index (χ0n) is 8.66. The number of hydrogen-bond acceptors (Lipinski definition) is 4. The van der Waals surface area contributed by atoms with Crippen molar-refractivity contribution in [1.82, 2.24) is 9.78 Å². The normalized spacial score (nSPS) is 10.4. The molecule has 0 aliphatic heterocycles. The molecule has 0 saturated heterocycles. The van der Waals surface area contributed by atoms with Crippen molar-refractivity contribution < 1.29 is 19.1 Å². The zero-order valence-corrected chi connectivity index (χ0v) is 8.66. The van der Waals surface area contributed by atoms with Crippen LogP contribution < -0.4 is 5.73 Å². The Morgan fingerprint density at radius 1 is 1.53 bits per heavy atom. The van der Waals surface area contributed by atoms with Crippen LogP contribution in [-0.2, 0) is 11.3 Å². The Labute approximate surface area is 95.4 Å². The number of primary amides is 1. The second-order valence-corrected chi connectivity index (χ2v) is 3.31. The van der Waals surface area contributed by atoms with Gasteiger partial charge in [-0.25, -0.2) is 4.68 Å². The third-order valence-corrected chi connectivity index (χ3v) is 2.09. The number of carboxylic acids is 1. The smallest absolute Gasteiger partial charge is 0.325 e. The van der Waals surface area contributed by atoms with Crippen molar-refractivity contribution in [2.24, 2.45) is 5.73 Å². The Morgan fingerprint density at radius 2 is 2.29 bits per heavy atom. The maximum atomic E-state index is 11.1. The largest absolute Gasteiger partial charge is 0.480 e. The fraction of sp³-hybridized carbons (Fsp3) is 0.100. The average Bonchev–Trinajstić information content (AvgIpc) is 2.82. The highest BCUT2D eigenvalue weighted by Gasteiger charge is 2.16. The number of furan rings is 1. The monoisotopic (exact) mass is 235 g/mol. The van der Waals surface area contributed by atoms with Crippen LogP contribution in [0.25, 0.3) is 11.5 Å². The Balaban J connectivity index is 2.44. The van der Waals surface area contributed by atoms with Gasteiger partial charge in [-0.1, -0.05) is 0 Å². The van der Waals surface area contributed by atoms with Gasteiger partial charge in [0.2, 0.25) is 0 Å². The van der Waals surface area contributed by atoms with E-state index in [1.807, 2.05) is 0 Å². The first kappa shape index (κ1) is 10.9. The van der Waals surface area contributed by atoms with Crippen molar-refractivity contribution in [3.8, 4) is 11.5 Å². The van der Waals surface area contributed by atoms with E-state index >= 15 is 0 Å². The molecule has 0 fully saturated rings. The number of carboxylic acid groups (broad SMARTS) is 1. The summed E-state index contributed by atoms with van der Waals surface area (Å²) < 4.78 is 6.13. The van der Waals surface area contributed by atoms with E-state index in [0.29, 0.717) is 11.5 Å². The number of nitrogens with two attached hydrogens (primary N) is 1. The van der Waals surface area contributed by atoms with Crippen LogP contribution in [0.3, 0.4) is 0 Å². The quantitative estimate of drug-likeness (QED) is 0.792. The van der Waals surface area contributed by atoms with Crippen LogP contribution in [0.5, 0.6) is 0 Å². The van der Waals surface area contributed by atoms with Crippen molar-refractivity contribution in [2.45, 2.75) is 6.54 Å². The first-order chi connectivity index (χ1) is 8.08. The van der Waals surface area contributed by atoms with E-state index < -0.39 is 18.4 Å². The molecule has 2 aromatic rings. The summed E-state index contributed by atoms with van der Waals surface area (Å²) in [6.45, 7) is -0.432. The predicted molar refractivity (Wildman–Crippen MR) is 56.1 cm³/mol. The Bertz CT molecular complexity index is 556. The van der Waals surface area contributed by atoms with E-state index in [1.165, 1.54) is 12.3 Å². The summed E-state index contributed by atoms with van der Waals surface area (Å²) >= 11 is 0. The lowest BCUT2D eigenvalue weighted by Crippen LogP contribution is -2.20. The molecule has 2 rings (SSSR count). The molecule has 1 amide bonds. The lowest BCUT2D eigenvalue weighted by molar-refractivity contribution is -0.137. The predicted octanol–water partition coefficient (Wildman–Crippen LogP) is 0.327. The number of nitrogens with zero attached hydrogens (tertiary/aromatic N) is 2. The molecular weight excluding hydrogens is 226 g/mol. The molecule has 0 unspecified atom stereocenters. The Kier molecular flexibility index (Phi) is 2.65. The topological polar surface area (TPSA) is 111 Å². The number of aromatic nitrogens is 2. The molecule has 2 aromatic heterocycles. The van der Waals surface area contributed by atoms with Gasteiger partial charge in [-0.05, 0) is 12.1 Å². The highest BCUT2D eigenvalue weighted by Crippen LogP contribution is 2.19. The summed E-state index contributed by atoms with van der Waals surface area (Å²) in [5, 5.41) is 12.6. The van der Waals surface area contributed by atoms with Crippen LogP contribution in [0.15, 0.2) is 28.9 Å². The molecule has 88 valence electrons. The average molecular weight is 235 g/mol. The fourth-order valence-corrected chi connectivity index (χ4v) is 1.41. The van der Waals surface area contributed by atoms with Gasteiger partial charge in [0, 0.05) is 6.07 Å². The molecule has 2 heterocycles. The molecule has 17 heavy (non-hydrogen) atoms. The fourth-order valence-electron chi connectivity index (χ4n) is 1.41. The third-order valence-electron chi connectivity index (χ3n) is 2.09. The summed E-state index contributed by atoms with van der Waals surface area (Å²) in [4.78, 5) is 21.7. The molecule has 0 spiro atoms. The van der Waals surface area contributed by atoms with Crippen LogP contribution in [0.2, 0.25) is 0 Å². The van der Waals surface area contributed by atoms with E-state index in [2.05, 4.69) is 5.10 Å². The zero-order chi connectivity index (χ0) is 12.4. The van der Waals surface area contributed by atoms with Gasteiger partial charge in [0.25, 0.3) is 5.91 Å². The van der Waals surface area contributed by atoms with E-state index in [9.17, 15) is 9.59 Å². The SMILES string of the molecule is NC(=O)c1cc(-c2ccco2)nn1CC(=O)O. The number of aliphatic carboxylic acids is 1. The maximum absolute atomic E-state index is 11.1. The van der Waals surface area contributed by atoms with E-state index in [4.69, 9.17) is 15.3 Å². The van der Waals surface area contributed by atoms with Gasteiger partial charge >= 0.3 is 5.97 Å². The number of amides is 1. The van der Waals surface area contributed by atoms with Crippen LogP contribution >= 0.6 is 0 Å². The summed E-state index contributed by atoms with van der Waals surface area (Å²) in [6, 6.07) is 4.71. The van der Waals surface area contributed by atoms with Gasteiger partial charge in [0.15, 0.2) is 5.76 Å². The molecule has 7 nitrogen and oxygen atoms in total. The van der Waals surface area contributed by atoms with Crippen LogP contribution in [-0.4, -0.2) is 26.8 Å². The molecule has 0 aliphatic rings. The number of carbonyl (C=O) groups is 2. The van der Waals surface area contributed by atoms with Gasteiger partial charge in [0.05, 0.1) is 6.26 Å². The van der Waals surface area contributed by atoms with Crippen molar-refractivity contribution in [2.75, 3.05) is 0 Å². The van der Waals surface area contributed by atoms with Gasteiger partial charge in [-0.3, -0.25) is 9.59 Å². The first-order valence-electron chi connectivity index (χ1n) is 4.71. The molecule has 0 aromatic carbocycles. The van der Waals surface area contributed by atoms with Crippen LogP contribution in [0, 0.1) is 0 Å². The van der Waals surface area contributed by atoms with Crippen molar-refractivity contribution in [3.63, 3.8) is 0 Å². The lowest BCUT2D eigenvalue weighted by atomic mass is 10.3. The maximum Gasteiger partial charge on any atom is 0.325 e. The van der Waals surface area contributed by atoms with Gasteiger partial charge in [-0.2, -0.15) is 5.10 Å². The minimum absolute atomic E-state index is 0.0267. The Morgan fingerprint density at radius 3 is 2.82 bits per heavy atom. The van der Waals surface area contributed by atoms with Gasteiger partial charge in [-0.15, -0.1) is 0 Å². The summed E-state index contributed by atoms with van der Waals surface area (Å²) in [5.74, 6) is -1.41. The van der Waals surface area contributed by atoms with Gasteiger partial charge < -0.3 is 15.3 Å². The molecule has 0 saturated carbocycles. The second-order valence-electron chi connectivity index (χ2n) is 3.31. The van der Waals surface area contributed by atoms with Crippen LogP contribution in [0.1, 0.15) is 10.5 Å². The minimum Gasteiger partial charge on any atom is -0.480 e. The number of carbonyl (C=O) groups excluding carboxylic acids is 1. The first-order valence-corrected chi connectivity index (χ1v) is 4.71.